The van der Waals surface area contributed by atoms with Crippen molar-refractivity contribution in [2.75, 3.05) is 0 Å². The van der Waals surface area contributed by atoms with Crippen molar-refractivity contribution in [2.24, 2.45) is 5.41 Å². The van der Waals surface area contributed by atoms with Gasteiger partial charge in [0.05, 0.1) is 11.5 Å². The Morgan fingerprint density at radius 1 is 1.33 bits per heavy atom. The number of nitrogens with zero attached hydrogens (tertiary/aromatic N) is 1. The van der Waals surface area contributed by atoms with E-state index in [0.717, 1.165) is 16.7 Å². The minimum atomic E-state index is -0.758. The Hall–Kier alpha value is -1.97. The summed E-state index contributed by atoms with van der Waals surface area (Å²) in [5.41, 5.74) is 0.393. The van der Waals surface area contributed by atoms with E-state index in [2.05, 4.69) is 4.57 Å². The van der Waals surface area contributed by atoms with Crippen LogP contribution in [0.15, 0.2) is 30.5 Å². The van der Waals surface area contributed by atoms with E-state index in [9.17, 15) is 9.90 Å². The molecular weight excluding hydrogens is 266 g/mol. The molecule has 1 aromatic carbocycles. The molecule has 0 saturated carbocycles. The predicted molar refractivity (Wildman–Crippen MR) is 83.7 cm³/mol. The van der Waals surface area contributed by atoms with E-state index in [4.69, 9.17) is 4.74 Å². The van der Waals surface area contributed by atoms with Crippen LogP contribution in [0.3, 0.4) is 0 Å². The molecular formula is C17H23NO3. The molecule has 2 aromatic rings. The third kappa shape index (κ3) is 3.57. The lowest BCUT2D eigenvalue weighted by Gasteiger charge is -2.19. The normalized spacial score (nSPS) is 12.0. The van der Waals surface area contributed by atoms with Gasteiger partial charge in [0, 0.05) is 23.6 Å². The minimum absolute atomic E-state index is 0.154. The minimum Gasteiger partial charge on any atom is -0.491 e. The zero-order chi connectivity index (χ0) is 15.6. The Labute approximate surface area is 125 Å². The maximum Gasteiger partial charge on any atom is 0.309 e. The van der Waals surface area contributed by atoms with E-state index in [1.165, 1.54) is 0 Å². The van der Waals surface area contributed by atoms with Gasteiger partial charge in [-0.1, -0.05) is 0 Å². The Morgan fingerprint density at radius 3 is 2.67 bits per heavy atom. The highest BCUT2D eigenvalue weighted by atomic mass is 16.5. The molecule has 0 amide bonds. The van der Waals surface area contributed by atoms with Gasteiger partial charge in [-0.2, -0.15) is 0 Å². The second-order valence-corrected chi connectivity index (χ2v) is 6.34. The number of aromatic nitrogens is 1. The van der Waals surface area contributed by atoms with Gasteiger partial charge in [-0.05, 0) is 58.4 Å². The molecule has 1 N–H and O–H groups in total. The van der Waals surface area contributed by atoms with Gasteiger partial charge in [-0.25, -0.2) is 0 Å². The van der Waals surface area contributed by atoms with Gasteiger partial charge in [-0.3, -0.25) is 4.79 Å². The molecule has 1 heterocycles. The van der Waals surface area contributed by atoms with E-state index < -0.39 is 11.4 Å². The average Bonchev–Trinajstić information content (AvgIpc) is 2.78. The summed E-state index contributed by atoms with van der Waals surface area (Å²) in [6.07, 6.45) is 2.75. The number of fused-ring (bicyclic) bond motifs is 1. The van der Waals surface area contributed by atoms with Gasteiger partial charge < -0.3 is 14.4 Å². The molecule has 0 unspecified atom stereocenters. The lowest BCUT2D eigenvalue weighted by atomic mass is 9.89. The van der Waals surface area contributed by atoms with Crippen LogP contribution in [0.2, 0.25) is 0 Å². The highest BCUT2D eigenvalue weighted by Crippen LogP contribution is 2.26. The number of carboxylic acids is 1. The smallest absolute Gasteiger partial charge is 0.309 e. The molecule has 0 radical (unpaired) electrons. The summed E-state index contributed by atoms with van der Waals surface area (Å²) in [6, 6.07) is 8.05. The van der Waals surface area contributed by atoms with Crippen molar-refractivity contribution in [2.45, 2.75) is 46.8 Å². The zero-order valence-electron chi connectivity index (χ0n) is 13.1. The highest BCUT2D eigenvalue weighted by Gasteiger charge is 2.26. The Bertz CT molecular complexity index is 641. The molecule has 21 heavy (non-hydrogen) atoms. The number of rotatable bonds is 6. The standard InChI is InChI=1S/C17H23NO3/c1-12(2)21-14-5-6-15-13(11-14)7-9-18(15)10-8-17(3,4)16(19)20/h5-7,9,11-12H,8,10H2,1-4H3,(H,19,20). The summed E-state index contributed by atoms with van der Waals surface area (Å²) < 4.78 is 7.79. The predicted octanol–water partition coefficient (Wildman–Crippen LogP) is 3.93. The number of aryl methyl sites for hydroxylation is 1. The van der Waals surface area contributed by atoms with E-state index >= 15 is 0 Å². The fourth-order valence-corrected chi connectivity index (χ4v) is 2.23. The van der Waals surface area contributed by atoms with Crippen molar-refractivity contribution in [3.8, 4) is 5.75 Å². The molecule has 114 valence electrons. The molecule has 0 spiro atoms. The van der Waals surface area contributed by atoms with Gasteiger partial charge in [0.15, 0.2) is 0 Å². The zero-order valence-corrected chi connectivity index (χ0v) is 13.1. The number of aliphatic carboxylic acids is 1. The Kier molecular flexibility index (Phi) is 4.26. The van der Waals surface area contributed by atoms with Crippen LogP contribution in [0, 0.1) is 5.41 Å². The van der Waals surface area contributed by atoms with Crippen LogP contribution >= 0.6 is 0 Å². The maximum atomic E-state index is 11.2. The van der Waals surface area contributed by atoms with Crippen molar-refractivity contribution >= 4 is 16.9 Å². The molecule has 4 heteroatoms. The summed E-state index contributed by atoms with van der Waals surface area (Å²) in [7, 11) is 0. The van der Waals surface area contributed by atoms with Crippen molar-refractivity contribution in [3.63, 3.8) is 0 Å². The quantitative estimate of drug-likeness (QED) is 0.876. The van der Waals surface area contributed by atoms with Crippen molar-refractivity contribution in [1.29, 1.82) is 0 Å². The monoisotopic (exact) mass is 289 g/mol. The SMILES string of the molecule is CC(C)Oc1ccc2c(ccn2CCC(C)(C)C(=O)O)c1. The first-order valence-corrected chi connectivity index (χ1v) is 7.28. The van der Waals surface area contributed by atoms with Gasteiger partial charge in [0.2, 0.25) is 0 Å². The van der Waals surface area contributed by atoms with E-state index in [-0.39, 0.29) is 6.10 Å². The topological polar surface area (TPSA) is 51.5 Å². The Balaban J connectivity index is 2.17. The van der Waals surface area contributed by atoms with Gasteiger partial charge >= 0.3 is 5.97 Å². The van der Waals surface area contributed by atoms with Crippen LogP contribution in [0.25, 0.3) is 10.9 Å². The first-order valence-electron chi connectivity index (χ1n) is 7.28. The number of hydrogen-bond acceptors (Lipinski definition) is 2. The molecule has 4 nitrogen and oxygen atoms in total. The second kappa shape index (κ2) is 5.80. The van der Waals surface area contributed by atoms with Crippen LogP contribution < -0.4 is 4.74 Å². The summed E-state index contributed by atoms with van der Waals surface area (Å²) in [4.78, 5) is 11.2. The third-order valence-electron chi connectivity index (χ3n) is 3.67. The Morgan fingerprint density at radius 2 is 2.05 bits per heavy atom. The van der Waals surface area contributed by atoms with Crippen molar-refractivity contribution < 1.29 is 14.6 Å². The van der Waals surface area contributed by atoms with Crippen molar-refractivity contribution in [3.05, 3.63) is 30.5 Å². The molecule has 0 bridgehead atoms. The number of hydrogen-bond donors (Lipinski definition) is 1. The number of ether oxygens (including phenoxy) is 1. The molecule has 0 fully saturated rings. The highest BCUT2D eigenvalue weighted by molar-refractivity contribution is 5.81. The third-order valence-corrected chi connectivity index (χ3v) is 3.67. The molecule has 1 aromatic heterocycles. The van der Waals surface area contributed by atoms with Crippen LogP contribution in [0.1, 0.15) is 34.1 Å². The van der Waals surface area contributed by atoms with Crippen LogP contribution in [-0.4, -0.2) is 21.7 Å². The van der Waals surface area contributed by atoms with Crippen molar-refractivity contribution in [1.82, 2.24) is 4.57 Å². The second-order valence-electron chi connectivity index (χ2n) is 6.34. The lowest BCUT2D eigenvalue weighted by molar-refractivity contribution is -0.147. The molecule has 0 aliphatic heterocycles. The van der Waals surface area contributed by atoms with Crippen LogP contribution in [0.4, 0.5) is 0 Å². The maximum absolute atomic E-state index is 11.2. The fraction of sp³-hybridized carbons (Fsp3) is 0.471. The molecule has 2 rings (SSSR count). The van der Waals surface area contributed by atoms with Gasteiger partial charge in [-0.15, -0.1) is 0 Å². The summed E-state index contributed by atoms with van der Waals surface area (Å²) in [5, 5.41) is 10.3. The van der Waals surface area contributed by atoms with E-state index in [0.29, 0.717) is 13.0 Å². The molecule has 0 atom stereocenters. The number of benzene rings is 1. The largest absolute Gasteiger partial charge is 0.491 e. The van der Waals surface area contributed by atoms with Crippen LogP contribution in [-0.2, 0) is 11.3 Å². The number of carboxylic acid groups (broad SMARTS) is 1. The lowest BCUT2D eigenvalue weighted by Crippen LogP contribution is -2.25. The first-order chi connectivity index (χ1) is 9.79. The van der Waals surface area contributed by atoms with E-state index in [1.54, 1.807) is 13.8 Å². The van der Waals surface area contributed by atoms with E-state index in [1.807, 2.05) is 44.3 Å². The fourth-order valence-electron chi connectivity index (χ4n) is 2.23. The first kappa shape index (κ1) is 15.4. The molecule has 0 saturated heterocycles. The van der Waals surface area contributed by atoms with Gasteiger partial charge in [0.25, 0.3) is 0 Å². The molecule has 0 aliphatic carbocycles. The summed E-state index contributed by atoms with van der Waals surface area (Å²) >= 11 is 0. The average molecular weight is 289 g/mol. The summed E-state index contributed by atoms with van der Waals surface area (Å²) in [6.45, 7) is 8.21. The molecule has 0 aliphatic rings. The summed E-state index contributed by atoms with van der Waals surface area (Å²) in [5.74, 6) is 0.104. The number of carbonyl (C=O) groups is 1. The van der Waals surface area contributed by atoms with Crippen LogP contribution in [0.5, 0.6) is 5.75 Å². The van der Waals surface area contributed by atoms with Gasteiger partial charge in [0.1, 0.15) is 5.75 Å².